The molecule has 2 aromatic carbocycles. The minimum Gasteiger partial charge on any atom is -0.478 e. The Morgan fingerprint density at radius 1 is 1.05 bits per heavy atom. The standard InChI is InChI=1S/C27H22F3N2O4P/c1-14-24(28)22(23(27(33)34)26(30)25(14)29)21-17-6-4-15(31-8-2-9-31)12-19(17)37(35,36)20-13-16(5-7-18(20)21)32-10-3-11-32/h4-7,12-13H,2-3,8-11H2,1H3,(H-,33,34,35,36)/p+1. The van der Waals surface area contributed by atoms with Crippen LogP contribution in [-0.4, -0.2) is 52.4 Å². The molecule has 3 heterocycles. The van der Waals surface area contributed by atoms with E-state index in [0.717, 1.165) is 45.9 Å². The molecule has 0 saturated carbocycles. The highest BCUT2D eigenvalue weighted by molar-refractivity contribution is 7.71. The van der Waals surface area contributed by atoms with E-state index in [0.29, 0.717) is 11.4 Å². The number of carboxylic acids is 1. The number of allylic oxidation sites excluding steroid dienone is 5. The van der Waals surface area contributed by atoms with E-state index in [1.165, 1.54) is 12.1 Å². The van der Waals surface area contributed by atoms with Gasteiger partial charge in [-0.25, -0.2) is 22.5 Å². The Labute approximate surface area is 210 Å². The van der Waals surface area contributed by atoms with Crippen LogP contribution in [0.25, 0.3) is 5.57 Å². The molecule has 10 heteroatoms. The first-order valence-corrected chi connectivity index (χ1v) is 13.7. The summed E-state index contributed by atoms with van der Waals surface area (Å²) >= 11 is 0. The van der Waals surface area contributed by atoms with Crippen LogP contribution in [0.15, 0.2) is 47.3 Å². The van der Waals surface area contributed by atoms with Gasteiger partial charge in [0.25, 0.3) is 7.37 Å². The zero-order valence-electron chi connectivity index (χ0n) is 19.9. The Bertz CT molecular complexity index is 1600. The van der Waals surface area contributed by atoms with Gasteiger partial charge in [-0.2, -0.15) is 0 Å². The lowest BCUT2D eigenvalue weighted by Gasteiger charge is -2.36. The summed E-state index contributed by atoms with van der Waals surface area (Å²) in [6.45, 7) is 4.15. The van der Waals surface area contributed by atoms with Gasteiger partial charge in [-0.05, 0) is 42.7 Å². The Kier molecular flexibility index (Phi) is 5.37. The van der Waals surface area contributed by atoms with Crippen molar-refractivity contribution in [2.24, 2.45) is 0 Å². The van der Waals surface area contributed by atoms with Crippen LogP contribution in [0.2, 0.25) is 0 Å². The van der Waals surface area contributed by atoms with E-state index in [1.54, 1.807) is 24.3 Å². The molecule has 3 aliphatic heterocycles. The molecule has 190 valence electrons. The van der Waals surface area contributed by atoms with E-state index in [-0.39, 0.29) is 27.3 Å². The SMILES string of the molecule is Cc1c(F)c(F)c(C(=O)O)c(C2=C3C=CC(=[N+]4CCC4)C=C3P(=O)(O)c3cc(N4CCC4)ccc32)c1F. The lowest BCUT2D eigenvalue weighted by atomic mass is 9.85. The second kappa shape index (κ2) is 8.30. The monoisotopic (exact) mass is 527 g/mol. The van der Waals surface area contributed by atoms with Crippen LogP contribution in [0.3, 0.4) is 0 Å². The molecule has 1 aliphatic carbocycles. The second-order valence-electron chi connectivity index (χ2n) is 9.66. The number of aromatic carboxylic acids is 1. The first kappa shape index (κ1) is 23.9. The van der Waals surface area contributed by atoms with Gasteiger partial charge in [-0.1, -0.05) is 6.07 Å². The van der Waals surface area contributed by atoms with Crippen molar-refractivity contribution in [2.75, 3.05) is 31.1 Å². The Balaban J connectivity index is 1.73. The molecular formula is C27H23F3N2O4P+. The van der Waals surface area contributed by atoms with Gasteiger partial charge in [0.15, 0.2) is 11.6 Å². The van der Waals surface area contributed by atoms with Gasteiger partial charge in [0, 0.05) is 47.6 Å². The summed E-state index contributed by atoms with van der Waals surface area (Å²) in [6, 6.07) is 4.82. The number of nitrogens with zero attached hydrogens (tertiary/aromatic N) is 2. The minimum atomic E-state index is -4.23. The molecule has 0 amide bonds. The van der Waals surface area contributed by atoms with Crippen LogP contribution in [0.4, 0.5) is 18.9 Å². The van der Waals surface area contributed by atoms with Crippen molar-refractivity contribution in [3.63, 3.8) is 0 Å². The molecule has 2 N–H and O–H groups in total. The van der Waals surface area contributed by atoms with Crippen molar-refractivity contribution in [3.05, 3.63) is 87.0 Å². The van der Waals surface area contributed by atoms with Gasteiger partial charge in [-0.3, -0.25) is 4.57 Å². The molecule has 0 radical (unpaired) electrons. The smallest absolute Gasteiger partial charge is 0.339 e. The van der Waals surface area contributed by atoms with E-state index in [4.69, 9.17) is 0 Å². The fraction of sp³-hybridized carbons (Fsp3) is 0.259. The van der Waals surface area contributed by atoms with E-state index >= 15 is 8.78 Å². The number of hydrogen-bond acceptors (Lipinski definition) is 3. The highest BCUT2D eigenvalue weighted by Gasteiger charge is 2.43. The molecule has 0 aromatic heterocycles. The minimum absolute atomic E-state index is 0.0123. The fourth-order valence-electron chi connectivity index (χ4n) is 5.26. The highest BCUT2D eigenvalue weighted by Crippen LogP contribution is 2.60. The number of carbonyl (C=O) groups is 1. The molecular weight excluding hydrogens is 504 g/mol. The maximum absolute atomic E-state index is 15.7. The maximum Gasteiger partial charge on any atom is 0.339 e. The summed E-state index contributed by atoms with van der Waals surface area (Å²) in [5.41, 5.74) is -0.853. The zero-order valence-corrected chi connectivity index (χ0v) is 20.8. The second-order valence-corrected chi connectivity index (χ2v) is 11.8. The van der Waals surface area contributed by atoms with E-state index < -0.39 is 47.5 Å². The average Bonchev–Trinajstić information content (AvgIpc) is 2.79. The van der Waals surface area contributed by atoms with Crippen molar-refractivity contribution < 1.29 is 37.1 Å². The van der Waals surface area contributed by atoms with Crippen LogP contribution < -0.4 is 10.2 Å². The normalized spacial score (nSPS) is 22.3. The number of halogens is 3. The molecule has 0 spiro atoms. The summed E-state index contributed by atoms with van der Waals surface area (Å²) in [6.07, 6.45) is 6.78. The van der Waals surface area contributed by atoms with E-state index in [1.807, 2.05) is 9.48 Å². The predicted octanol–water partition coefficient (Wildman–Crippen LogP) is 4.34. The quantitative estimate of drug-likeness (QED) is 0.353. The van der Waals surface area contributed by atoms with Crippen LogP contribution >= 0.6 is 7.37 Å². The molecule has 1 unspecified atom stereocenters. The number of carboxylic acid groups (broad SMARTS) is 1. The first-order chi connectivity index (χ1) is 17.6. The van der Waals surface area contributed by atoms with Crippen molar-refractivity contribution in [3.8, 4) is 0 Å². The zero-order chi connectivity index (χ0) is 26.2. The van der Waals surface area contributed by atoms with Crippen molar-refractivity contribution in [1.29, 1.82) is 0 Å². The van der Waals surface area contributed by atoms with Crippen LogP contribution in [0, 0.1) is 24.4 Å². The van der Waals surface area contributed by atoms with Crippen molar-refractivity contribution in [1.82, 2.24) is 0 Å². The summed E-state index contributed by atoms with van der Waals surface area (Å²) in [7, 11) is -4.23. The van der Waals surface area contributed by atoms with Gasteiger partial charge < -0.3 is 14.9 Å². The van der Waals surface area contributed by atoms with Gasteiger partial charge in [-0.15, -0.1) is 0 Å². The Morgan fingerprint density at radius 3 is 2.38 bits per heavy atom. The Morgan fingerprint density at radius 2 is 1.78 bits per heavy atom. The highest BCUT2D eigenvalue weighted by atomic mass is 31.2. The van der Waals surface area contributed by atoms with Crippen LogP contribution in [0.1, 0.15) is 39.9 Å². The van der Waals surface area contributed by atoms with Gasteiger partial charge in [0.05, 0.1) is 17.0 Å². The largest absolute Gasteiger partial charge is 0.478 e. The lowest BCUT2D eigenvalue weighted by molar-refractivity contribution is -0.582. The molecule has 0 bridgehead atoms. The molecule has 4 aliphatic rings. The number of anilines is 1. The molecule has 6 nitrogen and oxygen atoms in total. The van der Waals surface area contributed by atoms with Crippen molar-refractivity contribution >= 4 is 35.6 Å². The third kappa shape index (κ3) is 3.41. The molecule has 37 heavy (non-hydrogen) atoms. The topological polar surface area (TPSA) is 80.8 Å². The summed E-state index contributed by atoms with van der Waals surface area (Å²) in [4.78, 5) is 25.7. The summed E-state index contributed by atoms with van der Waals surface area (Å²) in [5, 5.41) is 9.85. The number of fused-ring (bicyclic) bond motifs is 2. The van der Waals surface area contributed by atoms with Gasteiger partial charge in [0.1, 0.15) is 24.5 Å². The molecule has 2 fully saturated rings. The van der Waals surface area contributed by atoms with Gasteiger partial charge >= 0.3 is 5.97 Å². The third-order valence-corrected chi connectivity index (χ3v) is 9.65. The number of benzene rings is 2. The first-order valence-electron chi connectivity index (χ1n) is 12.0. The van der Waals surface area contributed by atoms with Crippen LogP contribution in [-0.2, 0) is 4.57 Å². The maximum atomic E-state index is 15.7. The van der Waals surface area contributed by atoms with Gasteiger partial charge in [0.2, 0.25) is 5.71 Å². The molecule has 6 rings (SSSR count). The lowest BCUT2D eigenvalue weighted by Crippen LogP contribution is -2.37. The average molecular weight is 527 g/mol. The number of rotatable bonds is 3. The summed E-state index contributed by atoms with van der Waals surface area (Å²) in [5.74, 6) is -6.32. The molecule has 2 saturated heterocycles. The third-order valence-electron chi connectivity index (χ3n) is 7.60. The summed E-state index contributed by atoms with van der Waals surface area (Å²) < 4.78 is 61.3. The number of hydrogen-bond donors (Lipinski definition) is 2. The molecule has 1 atom stereocenters. The fourth-order valence-corrected chi connectivity index (χ4v) is 7.16. The predicted molar refractivity (Wildman–Crippen MR) is 134 cm³/mol. The van der Waals surface area contributed by atoms with E-state index in [9.17, 15) is 23.7 Å². The van der Waals surface area contributed by atoms with Crippen LogP contribution in [0.5, 0.6) is 0 Å². The molecule has 2 aromatic rings. The van der Waals surface area contributed by atoms with E-state index in [2.05, 4.69) is 0 Å². The Hall–Kier alpha value is -3.42. The van der Waals surface area contributed by atoms with Crippen molar-refractivity contribution in [2.45, 2.75) is 19.8 Å².